The van der Waals surface area contributed by atoms with Gasteiger partial charge in [-0.15, -0.1) is 0 Å². The van der Waals surface area contributed by atoms with E-state index in [1.54, 1.807) is 18.2 Å². The molecule has 0 fully saturated rings. The van der Waals surface area contributed by atoms with E-state index in [1.807, 2.05) is 0 Å². The van der Waals surface area contributed by atoms with Crippen LogP contribution in [0, 0.1) is 5.82 Å². The zero-order valence-corrected chi connectivity index (χ0v) is 15.1. The van der Waals surface area contributed by atoms with E-state index in [2.05, 4.69) is 10.9 Å². The van der Waals surface area contributed by atoms with E-state index in [1.165, 1.54) is 43.3 Å². The Balaban J connectivity index is 1.85. The van der Waals surface area contributed by atoms with Gasteiger partial charge in [0.05, 0.1) is 0 Å². The molecule has 1 atom stereocenters. The number of rotatable bonds is 5. The number of nitrogens with one attached hydrogen (secondary N) is 2. The molecule has 0 bridgehead atoms. The minimum Gasteiger partial charge on any atom is -0.481 e. The number of ether oxygens (including phenoxy) is 1. The van der Waals surface area contributed by atoms with Gasteiger partial charge in [-0.3, -0.25) is 20.4 Å². The van der Waals surface area contributed by atoms with Crippen LogP contribution in [0.15, 0.2) is 48.5 Å². The first-order valence-electron chi connectivity index (χ1n) is 7.51. The molecule has 0 saturated heterocycles. The average Bonchev–Trinajstić information content (AvgIpc) is 2.61. The smallest absolute Gasteiger partial charge is 0.279 e. The van der Waals surface area contributed by atoms with Gasteiger partial charge in [0.25, 0.3) is 11.8 Å². The highest BCUT2D eigenvalue weighted by Crippen LogP contribution is 2.25. The fourth-order valence-corrected chi connectivity index (χ4v) is 2.39. The Morgan fingerprint density at radius 3 is 2.31 bits per heavy atom. The maximum Gasteiger partial charge on any atom is 0.279 e. The van der Waals surface area contributed by atoms with E-state index < -0.39 is 23.7 Å². The van der Waals surface area contributed by atoms with Crippen LogP contribution in [0.5, 0.6) is 5.75 Å². The van der Waals surface area contributed by atoms with Crippen LogP contribution in [0.2, 0.25) is 10.0 Å². The minimum atomic E-state index is -0.900. The third-order valence-electron chi connectivity index (χ3n) is 3.21. The molecule has 0 saturated carbocycles. The van der Waals surface area contributed by atoms with Crippen molar-refractivity contribution in [2.75, 3.05) is 0 Å². The normalized spacial score (nSPS) is 11.8. The Kier molecular flexibility index (Phi) is 7.00. The van der Waals surface area contributed by atoms with E-state index in [9.17, 15) is 14.0 Å². The maximum atomic E-state index is 12.8. The van der Waals surface area contributed by atoms with Gasteiger partial charge in [-0.25, -0.2) is 4.39 Å². The Morgan fingerprint density at radius 2 is 1.69 bits per heavy atom. The fraction of sp³-hybridized carbons (Fsp3) is 0.111. The molecule has 8 heteroatoms. The number of carbonyl (C=O) groups excluding carboxylic acids is 2. The van der Waals surface area contributed by atoms with Gasteiger partial charge in [-0.1, -0.05) is 29.3 Å². The molecule has 0 aromatic heterocycles. The molecular weight excluding hydrogens is 382 g/mol. The summed E-state index contributed by atoms with van der Waals surface area (Å²) in [5, 5.41) is 0.791. The summed E-state index contributed by atoms with van der Waals surface area (Å²) in [6, 6.07) is 10.2. The molecule has 0 unspecified atom stereocenters. The van der Waals surface area contributed by atoms with E-state index in [0.717, 1.165) is 0 Å². The molecule has 5 nitrogen and oxygen atoms in total. The lowest BCUT2D eigenvalue weighted by Gasteiger charge is -2.14. The summed E-state index contributed by atoms with van der Waals surface area (Å²) >= 11 is 12.0. The number of benzene rings is 2. The Bertz CT molecular complexity index is 805. The first kappa shape index (κ1) is 19.8. The van der Waals surface area contributed by atoms with Crippen molar-refractivity contribution < 1.29 is 18.7 Å². The van der Waals surface area contributed by atoms with Gasteiger partial charge in [0.1, 0.15) is 11.6 Å². The molecule has 0 radical (unpaired) electrons. The third-order valence-corrected chi connectivity index (χ3v) is 3.86. The van der Waals surface area contributed by atoms with Crippen LogP contribution < -0.4 is 15.6 Å². The van der Waals surface area contributed by atoms with Crippen LogP contribution in [0.25, 0.3) is 6.08 Å². The zero-order chi connectivity index (χ0) is 19.1. The van der Waals surface area contributed by atoms with Crippen molar-refractivity contribution in [1.29, 1.82) is 0 Å². The quantitative estimate of drug-likeness (QED) is 0.597. The zero-order valence-electron chi connectivity index (χ0n) is 13.6. The van der Waals surface area contributed by atoms with Crippen LogP contribution in [0.3, 0.4) is 0 Å². The highest BCUT2D eigenvalue weighted by Gasteiger charge is 2.15. The molecule has 0 aliphatic carbocycles. The Labute approximate surface area is 159 Å². The maximum absolute atomic E-state index is 12.8. The molecular formula is C18H15Cl2FN2O3. The van der Waals surface area contributed by atoms with Gasteiger partial charge in [-0.2, -0.15) is 0 Å². The molecule has 0 aliphatic rings. The summed E-state index contributed by atoms with van der Waals surface area (Å²) in [5.74, 6) is -1.24. The Hall–Kier alpha value is -2.57. The summed E-state index contributed by atoms with van der Waals surface area (Å²) < 4.78 is 18.2. The van der Waals surface area contributed by atoms with Crippen molar-refractivity contribution >= 4 is 41.1 Å². The monoisotopic (exact) mass is 396 g/mol. The van der Waals surface area contributed by atoms with Crippen LogP contribution in [0.1, 0.15) is 12.5 Å². The summed E-state index contributed by atoms with van der Waals surface area (Å²) in [5.41, 5.74) is 4.93. The predicted molar refractivity (Wildman–Crippen MR) is 98.3 cm³/mol. The number of hydrazine groups is 1. The summed E-state index contributed by atoms with van der Waals surface area (Å²) in [6.07, 6.45) is 1.71. The molecule has 26 heavy (non-hydrogen) atoms. The van der Waals surface area contributed by atoms with Gasteiger partial charge in [0.2, 0.25) is 0 Å². The summed E-state index contributed by atoms with van der Waals surface area (Å²) in [7, 11) is 0. The molecule has 0 spiro atoms. The molecule has 2 amide bonds. The largest absolute Gasteiger partial charge is 0.481 e. The number of hydrogen-bond donors (Lipinski definition) is 2. The second kappa shape index (κ2) is 9.22. The van der Waals surface area contributed by atoms with Crippen LogP contribution in [-0.2, 0) is 9.59 Å². The molecule has 2 aromatic carbocycles. The van der Waals surface area contributed by atoms with Crippen molar-refractivity contribution in [3.8, 4) is 5.75 Å². The van der Waals surface area contributed by atoms with Crippen LogP contribution in [0.4, 0.5) is 4.39 Å². The first-order valence-corrected chi connectivity index (χ1v) is 8.26. The van der Waals surface area contributed by atoms with E-state index in [-0.39, 0.29) is 0 Å². The van der Waals surface area contributed by atoms with Gasteiger partial charge >= 0.3 is 0 Å². The number of hydrogen-bond acceptors (Lipinski definition) is 3. The molecule has 0 heterocycles. The average molecular weight is 397 g/mol. The molecule has 2 rings (SSSR count). The second-order valence-electron chi connectivity index (χ2n) is 5.16. The lowest BCUT2D eigenvalue weighted by molar-refractivity contribution is -0.131. The molecule has 136 valence electrons. The van der Waals surface area contributed by atoms with Crippen LogP contribution >= 0.6 is 23.2 Å². The van der Waals surface area contributed by atoms with Crippen molar-refractivity contribution in [3.63, 3.8) is 0 Å². The van der Waals surface area contributed by atoms with Crippen molar-refractivity contribution in [2.24, 2.45) is 0 Å². The van der Waals surface area contributed by atoms with Crippen LogP contribution in [-0.4, -0.2) is 17.9 Å². The third kappa shape index (κ3) is 5.75. The highest BCUT2D eigenvalue weighted by molar-refractivity contribution is 6.37. The second-order valence-corrected chi connectivity index (χ2v) is 5.98. The number of amides is 2. The topological polar surface area (TPSA) is 67.4 Å². The minimum absolute atomic E-state index is 0.327. The van der Waals surface area contributed by atoms with E-state index in [0.29, 0.717) is 21.4 Å². The van der Waals surface area contributed by atoms with Gasteiger partial charge < -0.3 is 4.74 Å². The highest BCUT2D eigenvalue weighted by atomic mass is 35.5. The lowest BCUT2D eigenvalue weighted by atomic mass is 10.2. The molecule has 2 aromatic rings. The predicted octanol–water partition coefficient (Wildman–Crippen LogP) is 3.76. The lowest BCUT2D eigenvalue weighted by Crippen LogP contribution is -2.46. The fourth-order valence-electron chi connectivity index (χ4n) is 1.87. The van der Waals surface area contributed by atoms with Gasteiger partial charge in [-0.05, 0) is 49.4 Å². The number of halogens is 3. The van der Waals surface area contributed by atoms with Gasteiger partial charge in [0, 0.05) is 21.7 Å². The van der Waals surface area contributed by atoms with Crippen molar-refractivity contribution in [2.45, 2.75) is 13.0 Å². The van der Waals surface area contributed by atoms with E-state index >= 15 is 0 Å². The van der Waals surface area contributed by atoms with Crippen molar-refractivity contribution in [1.82, 2.24) is 10.9 Å². The Morgan fingerprint density at radius 1 is 1.08 bits per heavy atom. The van der Waals surface area contributed by atoms with E-state index in [4.69, 9.17) is 27.9 Å². The number of carbonyl (C=O) groups is 2. The molecule has 2 N–H and O–H groups in total. The van der Waals surface area contributed by atoms with Crippen molar-refractivity contribution in [3.05, 3.63) is 70.0 Å². The SMILES string of the molecule is C[C@@H](Oc1ccc(F)cc1)C(=O)NNC(=O)/C=C/c1c(Cl)cccc1Cl. The summed E-state index contributed by atoms with van der Waals surface area (Å²) in [4.78, 5) is 23.7. The first-order chi connectivity index (χ1) is 12.4. The summed E-state index contributed by atoms with van der Waals surface area (Å²) in [6.45, 7) is 1.49. The molecule has 0 aliphatic heterocycles. The van der Waals surface area contributed by atoms with Gasteiger partial charge in [0.15, 0.2) is 6.10 Å². The standard InChI is InChI=1S/C18H15Cl2FN2O3/c1-11(26-13-7-5-12(21)6-8-13)18(25)23-22-17(24)10-9-14-15(19)3-2-4-16(14)20/h2-11H,1H3,(H,22,24)(H,23,25)/b10-9+/t11-/m1/s1.